The number of rotatable bonds is 5. The minimum Gasteiger partial charge on any atom is -0.342 e. The predicted octanol–water partition coefficient (Wildman–Crippen LogP) is 2.50. The van der Waals surface area contributed by atoms with Gasteiger partial charge in [0.25, 0.3) is 0 Å². The van der Waals surface area contributed by atoms with Gasteiger partial charge >= 0.3 is 0 Å². The van der Waals surface area contributed by atoms with Gasteiger partial charge in [-0.15, -0.1) is 0 Å². The number of aryl methyl sites for hydroxylation is 2. The van der Waals surface area contributed by atoms with Gasteiger partial charge in [-0.2, -0.15) is 0 Å². The van der Waals surface area contributed by atoms with Crippen molar-refractivity contribution in [3.05, 3.63) is 17.5 Å². The molecule has 0 spiro atoms. The topological polar surface area (TPSA) is 52.6 Å². The van der Waals surface area contributed by atoms with Crippen LogP contribution in [0.25, 0.3) is 0 Å². The average Bonchev–Trinajstić information content (AvgIpc) is 2.61. The molecular formula is C21H35N5O. The number of anilines is 1. The van der Waals surface area contributed by atoms with Crippen LogP contribution in [0, 0.1) is 25.7 Å². The third kappa shape index (κ3) is 5.64. The van der Waals surface area contributed by atoms with Crippen molar-refractivity contribution >= 4 is 11.9 Å². The number of piperidine rings is 2. The molecule has 3 rings (SSSR count). The second kappa shape index (κ2) is 9.00. The lowest BCUT2D eigenvalue weighted by molar-refractivity contribution is -0.134. The fourth-order valence-corrected chi connectivity index (χ4v) is 4.52. The summed E-state index contributed by atoms with van der Waals surface area (Å²) in [7, 11) is 4.24. The Bertz CT molecular complexity index is 619. The lowest BCUT2D eigenvalue weighted by Crippen LogP contribution is -2.44. The normalized spacial score (nSPS) is 21.7. The summed E-state index contributed by atoms with van der Waals surface area (Å²) in [4.78, 5) is 28.6. The van der Waals surface area contributed by atoms with Gasteiger partial charge in [0.05, 0.1) is 0 Å². The lowest BCUT2D eigenvalue weighted by atomic mass is 9.91. The van der Waals surface area contributed by atoms with Gasteiger partial charge in [-0.1, -0.05) is 0 Å². The molecule has 2 fully saturated rings. The molecule has 6 nitrogen and oxygen atoms in total. The van der Waals surface area contributed by atoms with E-state index in [0.29, 0.717) is 24.2 Å². The molecule has 27 heavy (non-hydrogen) atoms. The summed E-state index contributed by atoms with van der Waals surface area (Å²) in [5, 5.41) is 0. The lowest BCUT2D eigenvalue weighted by Gasteiger charge is -2.36. The first-order valence-electron chi connectivity index (χ1n) is 10.4. The molecule has 2 saturated heterocycles. The van der Waals surface area contributed by atoms with Crippen molar-refractivity contribution in [2.75, 3.05) is 51.7 Å². The molecule has 150 valence electrons. The average molecular weight is 374 g/mol. The van der Waals surface area contributed by atoms with Gasteiger partial charge in [-0.25, -0.2) is 9.97 Å². The van der Waals surface area contributed by atoms with E-state index in [1.54, 1.807) is 0 Å². The van der Waals surface area contributed by atoms with E-state index >= 15 is 0 Å². The quantitative estimate of drug-likeness (QED) is 0.794. The van der Waals surface area contributed by atoms with Crippen molar-refractivity contribution in [1.29, 1.82) is 0 Å². The first-order chi connectivity index (χ1) is 12.9. The molecular weight excluding hydrogens is 338 g/mol. The van der Waals surface area contributed by atoms with Crippen LogP contribution < -0.4 is 4.90 Å². The highest BCUT2D eigenvalue weighted by Crippen LogP contribution is 2.25. The maximum atomic E-state index is 12.8. The van der Waals surface area contributed by atoms with E-state index in [0.717, 1.165) is 69.3 Å². The Hall–Kier alpha value is -1.69. The summed E-state index contributed by atoms with van der Waals surface area (Å²) in [5.41, 5.74) is 2.04. The third-order valence-electron chi connectivity index (χ3n) is 5.83. The van der Waals surface area contributed by atoms with Crippen molar-refractivity contribution in [3.8, 4) is 0 Å². The van der Waals surface area contributed by atoms with Crippen LogP contribution in [0.3, 0.4) is 0 Å². The van der Waals surface area contributed by atoms with Crippen LogP contribution in [0.15, 0.2) is 6.07 Å². The molecule has 0 saturated carbocycles. The number of carbonyl (C=O) groups is 1. The number of aromatic nitrogens is 2. The fraction of sp³-hybridized carbons (Fsp3) is 0.762. The number of likely N-dealkylation sites (tertiary alicyclic amines) is 1. The Morgan fingerprint density at radius 3 is 2.37 bits per heavy atom. The Morgan fingerprint density at radius 1 is 1.07 bits per heavy atom. The number of carbonyl (C=O) groups excluding carboxylic acids is 1. The van der Waals surface area contributed by atoms with Crippen LogP contribution in [0.5, 0.6) is 0 Å². The van der Waals surface area contributed by atoms with Crippen LogP contribution >= 0.6 is 0 Å². The highest BCUT2D eigenvalue weighted by molar-refractivity contribution is 5.76. The summed E-state index contributed by atoms with van der Waals surface area (Å²) < 4.78 is 0. The van der Waals surface area contributed by atoms with E-state index in [2.05, 4.69) is 38.8 Å². The molecule has 0 aliphatic carbocycles. The summed E-state index contributed by atoms with van der Waals surface area (Å²) in [5.74, 6) is 2.33. The third-order valence-corrected chi connectivity index (χ3v) is 5.83. The van der Waals surface area contributed by atoms with Crippen LogP contribution in [0.2, 0.25) is 0 Å². The van der Waals surface area contributed by atoms with Gasteiger partial charge in [0.1, 0.15) is 0 Å². The zero-order chi connectivity index (χ0) is 19.4. The Balaban J connectivity index is 1.48. The Labute approximate surface area is 164 Å². The largest absolute Gasteiger partial charge is 0.342 e. The molecule has 2 aliphatic heterocycles. The monoisotopic (exact) mass is 373 g/mol. The van der Waals surface area contributed by atoms with Crippen LogP contribution in [0.4, 0.5) is 5.95 Å². The smallest absolute Gasteiger partial charge is 0.225 e. The van der Waals surface area contributed by atoms with Gasteiger partial charge in [-0.05, 0) is 71.5 Å². The van der Waals surface area contributed by atoms with E-state index in [9.17, 15) is 4.79 Å². The molecule has 2 aliphatic rings. The van der Waals surface area contributed by atoms with E-state index in [1.165, 1.54) is 6.42 Å². The second-order valence-electron chi connectivity index (χ2n) is 8.70. The first-order valence-corrected chi connectivity index (χ1v) is 10.4. The second-order valence-corrected chi connectivity index (χ2v) is 8.70. The number of hydrogen-bond acceptors (Lipinski definition) is 5. The van der Waals surface area contributed by atoms with Crippen molar-refractivity contribution in [1.82, 2.24) is 19.8 Å². The van der Waals surface area contributed by atoms with E-state index in [-0.39, 0.29) is 0 Å². The van der Waals surface area contributed by atoms with E-state index < -0.39 is 0 Å². The molecule has 1 atom stereocenters. The molecule has 3 heterocycles. The van der Waals surface area contributed by atoms with Gasteiger partial charge in [0.15, 0.2) is 0 Å². The zero-order valence-corrected chi connectivity index (χ0v) is 17.4. The van der Waals surface area contributed by atoms with Gasteiger partial charge in [0, 0.05) is 50.5 Å². The van der Waals surface area contributed by atoms with Crippen LogP contribution in [-0.4, -0.2) is 72.5 Å². The summed E-state index contributed by atoms with van der Waals surface area (Å²) in [6.07, 6.45) is 5.20. The maximum absolute atomic E-state index is 12.8. The predicted molar refractivity (Wildman–Crippen MR) is 109 cm³/mol. The van der Waals surface area contributed by atoms with Gasteiger partial charge in [0.2, 0.25) is 11.9 Å². The molecule has 1 aromatic heterocycles. The van der Waals surface area contributed by atoms with Crippen molar-refractivity contribution in [2.24, 2.45) is 11.8 Å². The van der Waals surface area contributed by atoms with Crippen LogP contribution in [0.1, 0.15) is 43.5 Å². The maximum Gasteiger partial charge on any atom is 0.225 e. The van der Waals surface area contributed by atoms with Crippen LogP contribution in [-0.2, 0) is 4.79 Å². The highest BCUT2D eigenvalue weighted by atomic mass is 16.2. The Morgan fingerprint density at radius 2 is 1.74 bits per heavy atom. The molecule has 0 unspecified atom stereocenters. The number of hydrogen-bond donors (Lipinski definition) is 0. The highest BCUT2D eigenvalue weighted by Gasteiger charge is 2.28. The molecule has 0 radical (unpaired) electrons. The summed E-state index contributed by atoms with van der Waals surface area (Å²) >= 11 is 0. The molecule has 0 aromatic carbocycles. The molecule has 6 heteroatoms. The van der Waals surface area contributed by atoms with Crippen molar-refractivity contribution in [2.45, 2.75) is 46.0 Å². The SMILES string of the molecule is Cc1cc(C)nc(N2CCC(CC(=O)N3CCC[C@@H](CN(C)C)C3)CC2)n1. The van der Waals surface area contributed by atoms with Gasteiger partial charge in [-0.3, -0.25) is 4.79 Å². The zero-order valence-electron chi connectivity index (χ0n) is 17.4. The Kier molecular flexibility index (Phi) is 6.68. The summed E-state index contributed by atoms with van der Waals surface area (Å²) in [6, 6.07) is 2.01. The van der Waals surface area contributed by atoms with E-state index in [1.807, 2.05) is 19.9 Å². The fourth-order valence-electron chi connectivity index (χ4n) is 4.52. The molecule has 0 N–H and O–H groups in total. The number of amides is 1. The minimum atomic E-state index is 0.361. The van der Waals surface area contributed by atoms with Crippen molar-refractivity contribution < 1.29 is 4.79 Å². The minimum absolute atomic E-state index is 0.361. The summed E-state index contributed by atoms with van der Waals surface area (Å²) in [6.45, 7) is 8.90. The van der Waals surface area contributed by atoms with Crippen molar-refractivity contribution in [3.63, 3.8) is 0 Å². The molecule has 0 bridgehead atoms. The molecule has 1 amide bonds. The van der Waals surface area contributed by atoms with Gasteiger partial charge < -0.3 is 14.7 Å². The molecule has 1 aromatic rings. The first kappa shape index (κ1) is 20.1. The number of nitrogens with zero attached hydrogens (tertiary/aromatic N) is 5. The van der Waals surface area contributed by atoms with E-state index in [4.69, 9.17) is 0 Å². The standard InChI is InChI=1S/C21H35N5O/c1-16-12-17(2)23-21(22-16)25-10-7-18(8-11-25)13-20(27)26-9-5-6-19(15-26)14-24(3)4/h12,18-19H,5-11,13-15H2,1-4H3/t19-/m0/s1.